The van der Waals surface area contributed by atoms with Crippen molar-refractivity contribution in [2.24, 2.45) is 10.7 Å². The minimum absolute atomic E-state index is 0.146. The Hall–Kier alpha value is -2.88. The Morgan fingerprint density at radius 2 is 2.07 bits per heavy atom. The van der Waals surface area contributed by atoms with Gasteiger partial charge in [0, 0.05) is 17.4 Å². The van der Waals surface area contributed by atoms with Gasteiger partial charge in [-0.05, 0) is 37.3 Å². The number of amidine groups is 1. The summed E-state index contributed by atoms with van der Waals surface area (Å²) in [6.07, 6.45) is -5.60. The second-order valence-corrected chi connectivity index (χ2v) is 6.36. The van der Waals surface area contributed by atoms with Crippen molar-refractivity contribution in [1.82, 2.24) is 4.98 Å². The molecule has 150 valence electrons. The van der Waals surface area contributed by atoms with Gasteiger partial charge >= 0.3 is 6.18 Å². The first-order valence-corrected chi connectivity index (χ1v) is 8.23. The third-order valence-electron chi connectivity index (χ3n) is 4.35. The highest BCUT2D eigenvalue weighted by Crippen LogP contribution is 2.43. The van der Waals surface area contributed by atoms with Crippen molar-refractivity contribution in [3.05, 3.63) is 47.9 Å². The van der Waals surface area contributed by atoms with Gasteiger partial charge in [0.2, 0.25) is 0 Å². The number of nitrogens with two attached hydrogens (primary N) is 1. The molecule has 10 heteroatoms. The van der Waals surface area contributed by atoms with Crippen LogP contribution in [0.2, 0.25) is 0 Å². The van der Waals surface area contributed by atoms with Crippen molar-refractivity contribution in [3.63, 3.8) is 0 Å². The number of rotatable bonds is 4. The standard InChI is InChI=1S/C18H18F4N4O2/c1-17(16(18(20,21)22)28-9-14(23)26-17)11-8-10(5-6-12(11)19)25-15-13(27-2)4-3-7-24-15/h3-8,16H,9H2,1-2H3,(H2,23,26)(H,24,25)/t16-,17-/m1/s1. The maximum absolute atomic E-state index is 14.6. The van der Waals surface area contributed by atoms with Gasteiger partial charge in [0.05, 0.1) is 7.11 Å². The topological polar surface area (TPSA) is 81.8 Å². The summed E-state index contributed by atoms with van der Waals surface area (Å²) >= 11 is 0. The molecule has 0 unspecified atom stereocenters. The number of nitrogens with one attached hydrogen (secondary N) is 1. The number of ether oxygens (including phenoxy) is 2. The lowest BCUT2D eigenvalue weighted by Crippen LogP contribution is -2.53. The molecule has 6 nitrogen and oxygen atoms in total. The third-order valence-corrected chi connectivity index (χ3v) is 4.35. The summed E-state index contributed by atoms with van der Waals surface area (Å²) in [5.41, 5.74) is 3.50. The van der Waals surface area contributed by atoms with Crippen molar-refractivity contribution in [2.45, 2.75) is 24.7 Å². The number of benzene rings is 1. The van der Waals surface area contributed by atoms with Crippen molar-refractivity contribution in [2.75, 3.05) is 19.0 Å². The van der Waals surface area contributed by atoms with Crippen LogP contribution in [-0.2, 0) is 10.3 Å². The largest absolute Gasteiger partial charge is 0.493 e. The SMILES string of the molecule is COc1cccnc1Nc1ccc(F)c([C@@]2(C)N=C(N)CO[C@H]2C(F)(F)F)c1. The molecule has 3 N–H and O–H groups in total. The summed E-state index contributed by atoms with van der Waals surface area (Å²) in [6, 6.07) is 6.96. The smallest absolute Gasteiger partial charge is 0.417 e. The first kappa shape index (κ1) is 19.9. The van der Waals surface area contributed by atoms with Crippen LogP contribution >= 0.6 is 0 Å². The van der Waals surface area contributed by atoms with Crippen molar-refractivity contribution in [3.8, 4) is 5.75 Å². The highest BCUT2D eigenvalue weighted by atomic mass is 19.4. The minimum Gasteiger partial charge on any atom is -0.493 e. The van der Waals surface area contributed by atoms with Gasteiger partial charge < -0.3 is 20.5 Å². The van der Waals surface area contributed by atoms with E-state index in [0.29, 0.717) is 17.3 Å². The van der Waals surface area contributed by atoms with Gasteiger partial charge in [-0.3, -0.25) is 4.99 Å². The van der Waals surface area contributed by atoms with Gasteiger partial charge in [0.1, 0.15) is 23.8 Å². The molecule has 2 aromatic rings. The predicted molar refractivity (Wildman–Crippen MR) is 95.2 cm³/mol. The Morgan fingerprint density at radius 3 is 2.75 bits per heavy atom. The molecule has 0 bridgehead atoms. The number of hydrogen-bond donors (Lipinski definition) is 2. The molecule has 0 fully saturated rings. The van der Waals surface area contributed by atoms with Gasteiger partial charge in [-0.15, -0.1) is 0 Å². The lowest BCUT2D eigenvalue weighted by atomic mass is 9.84. The Labute approximate surface area is 158 Å². The van der Waals surface area contributed by atoms with Gasteiger partial charge in [-0.1, -0.05) is 0 Å². The number of aromatic nitrogens is 1. The Bertz CT molecular complexity index is 903. The Kier molecular flexibility index (Phi) is 5.16. The molecule has 0 saturated heterocycles. The second kappa shape index (κ2) is 7.27. The lowest BCUT2D eigenvalue weighted by molar-refractivity contribution is -0.238. The average Bonchev–Trinajstić information content (AvgIpc) is 2.62. The third kappa shape index (κ3) is 3.72. The van der Waals surface area contributed by atoms with Crippen LogP contribution in [0.15, 0.2) is 41.5 Å². The zero-order valence-electron chi connectivity index (χ0n) is 15.0. The van der Waals surface area contributed by atoms with Crippen molar-refractivity contribution >= 4 is 17.3 Å². The van der Waals surface area contributed by atoms with Gasteiger partial charge in [0.15, 0.2) is 17.7 Å². The molecule has 28 heavy (non-hydrogen) atoms. The number of nitrogens with zero attached hydrogens (tertiary/aromatic N) is 2. The maximum Gasteiger partial charge on any atom is 0.417 e. The minimum atomic E-state index is -4.76. The molecule has 0 aliphatic carbocycles. The normalized spacial score (nSPS) is 22.5. The van der Waals surface area contributed by atoms with Gasteiger partial charge in [0.25, 0.3) is 0 Å². The molecule has 0 spiro atoms. The molecular weight excluding hydrogens is 380 g/mol. The molecule has 0 radical (unpaired) electrons. The van der Waals surface area contributed by atoms with E-state index in [4.69, 9.17) is 15.2 Å². The number of methoxy groups -OCH3 is 1. The zero-order chi connectivity index (χ0) is 20.5. The van der Waals surface area contributed by atoms with E-state index in [0.717, 1.165) is 13.0 Å². The van der Waals surface area contributed by atoms with E-state index < -0.39 is 30.2 Å². The van der Waals surface area contributed by atoms with E-state index in [9.17, 15) is 17.6 Å². The van der Waals surface area contributed by atoms with Crippen LogP contribution in [0, 0.1) is 5.82 Å². The molecule has 1 aromatic heterocycles. The fourth-order valence-electron chi connectivity index (χ4n) is 3.11. The number of anilines is 2. The first-order valence-electron chi connectivity index (χ1n) is 8.23. The Balaban J connectivity index is 2.06. The van der Waals surface area contributed by atoms with Crippen LogP contribution in [-0.4, -0.2) is 36.8 Å². The van der Waals surface area contributed by atoms with Crippen LogP contribution < -0.4 is 15.8 Å². The predicted octanol–water partition coefficient (Wildman–Crippen LogP) is 3.51. The highest BCUT2D eigenvalue weighted by Gasteiger charge is 2.56. The Morgan fingerprint density at radius 1 is 1.32 bits per heavy atom. The van der Waals surface area contributed by atoms with E-state index in [1.165, 1.54) is 25.4 Å². The highest BCUT2D eigenvalue weighted by molar-refractivity contribution is 5.83. The summed E-state index contributed by atoms with van der Waals surface area (Å²) in [5.74, 6) is -0.275. The average molecular weight is 398 g/mol. The van der Waals surface area contributed by atoms with Crippen LogP contribution in [0.1, 0.15) is 12.5 Å². The zero-order valence-corrected chi connectivity index (χ0v) is 15.0. The van der Waals surface area contributed by atoms with Gasteiger partial charge in [-0.2, -0.15) is 13.2 Å². The maximum atomic E-state index is 14.6. The van der Waals surface area contributed by atoms with Crippen LogP contribution in [0.4, 0.5) is 29.1 Å². The van der Waals surface area contributed by atoms with Crippen LogP contribution in [0.5, 0.6) is 5.75 Å². The molecule has 2 heterocycles. The number of hydrogen-bond acceptors (Lipinski definition) is 6. The van der Waals surface area contributed by atoms with E-state index in [-0.39, 0.29) is 11.4 Å². The fraction of sp³-hybridized carbons (Fsp3) is 0.333. The second-order valence-electron chi connectivity index (χ2n) is 6.36. The molecule has 1 aliphatic rings. The molecular formula is C18H18F4N4O2. The van der Waals surface area contributed by atoms with Crippen molar-refractivity contribution < 1.29 is 27.0 Å². The lowest BCUT2D eigenvalue weighted by Gasteiger charge is -2.39. The number of pyridine rings is 1. The van der Waals surface area contributed by atoms with E-state index in [1.807, 2.05) is 0 Å². The van der Waals surface area contributed by atoms with Crippen LogP contribution in [0.3, 0.4) is 0 Å². The number of alkyl halides is 3. The van der Waals surface area contributed by atoms with E-state index in [2.05, 4.69) is 15.3 Å². The number of halogens is 4. The van der Waals surface area contributed by atoms with E-state index >= 15 is 0 Å². The van der Waals surface area contributed by atoms with Gasteiger partial charge in [-0.25, -0.2) is 9.37 Å². The quantitative estimate of drug-likeness (QED) is 0.771. The molecule has 0 saturated carbocycles. The number of aliphatic imine (C=N–C) groups is 1. The monoisotopic (exact) mass is 398 g/mol. The molecule has 3 rings (SSSR count). The first-order chi connectivity index (χ1) is 13.1. The fourth-order valence-corrected chi connectivity index (χ4v) is 3.11. The van der Waals surface area contributed by atoms with Crippen LogP contribution in [0.25, 0.3) is 0 Å². The summed E-state index contributed by atoms with van der Waals surface area (Å²) < 4.78 is 65.2. The summed E-state index contributed by atoms with van der Waals surface area (Å²) in [4.78, 5) is 8.03. The molecule has 2 atom stereocenters. The summed E-state index contributed by atoms with van der Waals surface area (Å²) in [5, 5.41) is 2.91. The molecule has 0 amide bonds. The summed E-state index contributed by atoms with van der Waals surface area (Å²) in [6.45, 7) is 0.658. The molecule has 1 aromatic carbocycles. The molecule has 1 aliphatic heterocycles. The van der Waals surface area contributed by atoms with Crippen molar-refractivity contribution in [1.29, 1.82) is 0 Å². The summed E-state index contributed by atoms with van der Waals surface area (Å²) in [7, 11) is 1.45. The van der Waals surface area contributed by atoms with E-state index in [1.54, 1.807) is 12.1 Å².